The Morgan fingerprint density at radius 1 is 1.43 bits per heavy atom. The van der Waals surface area contributed by atoms with Gasteiger partial charge >= 0.3 is 11.9 Å². The Labute approximate surface area is 126 Å². The summed E-state index contributed by atoms with van der Waals surface area (Å²) in [4.78, 5) is 22.4. The van der Waals surface area contributed by atoms with Gasteiger partial charge in [-0.25, -0.2) is 13.2 Å². The lowest BCUT2D eigenvalue weighted by Gasteiger charge is -2.14. The van der Waals surface area contributed by atoms with Crippen molar-refractivity contribution < 1.29 is 27.9 Å². The van der Waals surface area contributed by atoms with Crippen LogP contribution >= 0.6 is 11.3 Å². The van der Waals surface area contributed by atoms with Crippen molar-refractivity contribution in [2.24, 2.45) is 11.8 Å². The van der Waals surface area contributed by atoms with E-state index in [9.17, 15) is 18.0 Å². The summed E-state index contributed by atoms with van der Waals surface area (Å²) in [7, 11) is -2.52. The molecule has 1 aliphatic rings. The van der Waals surface area contributed by atoms with E-state index < -0.39 is 27.9 Å². The van der Waals surface area contributed by atoms with E-state index in [0.717, 1.165) is 17.4 Å². The van der Waals surface area contributed by atoms with Crippen molar-refractivity contribution in [2.45, 2.75) is 11.8 Å². The Morgan fingerprint density at radius 2 is 2.10 bits per heavy atom. The largest absolute Gasteiger partial charge is 0.477 e. The van der Waals surface area contributed by atoms with Crippen LogP contribution in [0.2, 0.25) is 0 Å². The van der Waals surface area contributed by atoms with Crippen LogP contribution in [-0.2, 0) is 19.6 Å². The van der Waals surface area contributed by atoms with Crippen LogP contribution in [0.3, 0.4) is 0 Å². The van der Waals surface area contributed by atoms with E-state index in [2.05, 4.69) is 4.74 Å². The highest BCUT2D eigenvalue weighted by atomic mass is 32.2. The van der Waals surface area contributed by atoms with Gasteiger partial charge in [-0.2, -0.15) is 4.31 Å². The van der Waals surface area contributed by atoms with Gasteiger partial charge in [0, 0.05) is 18.5 Å². The van der Waals surface area contributed by atoms with E-state index in [1.165, 1.54) is 16.8 Å². The maximum Gasteiger partial charge on any atom is 0.345 e. The number of sulfonamides is 1. The molecule has 21 heavy (non-hydrogen) atoms. The number of methoxy groups -OCH3 is 1. The molecule has 1 aromatic rings. The fraction of sp³-hybridized carbons (Fsp3) is 0.500. The zero-order chi connectivity index (χ0) is 15.8. The average Bonchev–Trinajstić information content (AvgIpc) is 3.04. The van der Waals surface area contributed by atoms with Gasteiger partial charge in [-0.1, -0.05) is 6.92 Å². The summed E-state index contributed by atoms with van der Waals surface area (Å²) in [6.45, 7) is 2.04. The fourth-order valence-corrected chi connectivity index (χ4v) is 4.96. The van der Waals surface area contributed by atoms with Crippen LogP contribution in [-0.4, -0.2) is 50.0 Å². The third-order valence-corrected chi connectivity index (χ3v) is 6.38. The minimum Gasteiger partial charge on any atom is -0.477 e. The van der Waals surface area contributed by atoms with Gasteiger partial charge < -0.3 is 9.84 Å². The molecule has 1 saturated heterocycles. The van der Waals surface area contributed by atoms with Gasteiger partial charge in [0.1, 0.15) is 4.88 Å². The van der Waals surface area contributed by atoms with Crippen molar-refractivity contribution in [3.05, 3.63) is 16.3 Å². The molecular formula is C12H15NO6S2. The summed E-state index contributed by atoms with van der Waals surface area (Å²) >= 11 is 0.859. The molecule has 1 fully saturated rings. The van der Waals surface area contributed by atoms with E-state index in [0.29, 0.717) is 0 Å². The predicted octanol–water partition coefficient (Wildman–Crippen LogP) is 0.876. The van der Waals surface area contributed by atoms with Gasteiger partial charge in [-0.15, -0.1) is 11.3 Å². The molecule has 9 heteroatoms. The van der Waals surface area contributed by atoms with Crippen molar-refractivity contribution in [3.63, 3.8) is 0 Å². The predicted molar refractivity (Wildman–Crippen MR) is 74.7 cm³/mol. The summed E-state index contributed by atoms with van der Waals surface area (Å²) < 4.78 is 30.8. The quantitative estimate of drug-likeness (QED) is 0.821. The lowest BCUT2D eigenvalue weighted by molar-refractivity contribution is -0.145. The molecule has 0 aliphatic carbocycles. The van der Waals surface area contributed by atoms with Crippen LogP contribution < -0.4 is 0 Å². The highest BCUT2D eigenvalue weighted by Crippen LogP contribution is 2.30. The summed E-state index contributed by atoms with van der Waals surface area (Å²) in [5.41, 5.74) is 0. The summed E-state index contributed by atoms with van der Waals surface area (Å²) in [5.74, 6) is -2.24. The van der Waals surface area contributed by atoms with Crippen LogP contribution in [0.25, 0.3) is 0 Å². The van der Waals surface area contributed by atoms with E-state index in [1.54, 1.807) is 6.92 Å². The number of hydrogen-bond acceptors (Lipinski definition) is 6. The number of hydrogen-bond donors (Lipinski definition) is 1. The lowest BCUT2D eigenvalue weighted by atomic mass is 9.99. The minimum atomic E-state index is -3.79. The molecule has 0 amide bonds. The molecule has 0 spiro atoms. The van der Waals surface area contributed by atoms with Crippen LogP contribution in [0.1, 0.15) is 16.6 Å². The van der Waals surface area contributed by atoms with Crippen LogP contribution in [0.4, 0.5) is 0 Å². The number of carbonyl (C=O) groups excluding carboxylic acids is 1. The number of ether oxygens (including phenoxy) is 1. The summed E-state index contributed by atoms with van der Waals surface area (Å²) in [6.07, 6.45) is 0. The molecule has 0 radical (unpaired) electrons. The lowest BCUT2D eigenvalue weighted by Crippen LogP contribution is -2.30. The molecule has 2 atom stereocenters. The van der Waals surface area contributed by atoms with Gasteiger partial charge in [-0.05, 0) is 12.0 Å². The molecule has 116 valence electrons. The molecule has 1 N–H and O–H groups in total. The number of esters is 1. The van der Waals surface area contributed by atoms with Gasteiger partial charge in [-0.3, -0.25) is 4.79 Å². The molecule has 2 unspecified atom stereocenters. The molecule has 2 heterocycles. The first-order chi connectivity index (χ1) is 9.77. The van der Waals surface area contributed by atoms with Crippen LogP contribution in [0, 0.1) is 11.8 Å². The second-order valence-electron chi connectivity index (χ2n) is 4.88. The highest BCUT2D eigenvalue weighted by Gasteiger charge is 2.41. The Hall–Kier alpha value is -1.45. The second kappa shape index (κ2) is 5.74. The van der Waals surface area contributed by atoms with Crippen molar-refractivity contribution in [3.8, 4) is 0 Å². The molecule has 0 saturated carbocycles. The van der Waals surface area contributed by atoms with E-state index in [4.69, 9.17) is 5.11 Å². The van der Waals surface area contributed by atoms with Gasteiger partial charge in [0.05, 0.1) is 17.9 Å². The zero-order valence-corrected chi connectivity index (χ0v) is 13.1. The number of rotatable bonds is 4. The van der Waals surface area contributed by atoms with Crippen molar-refractivity contribution in [1.82, 2.24) is 4.31 Å². The molecule has 0 bridgehead atoms. The Balaban J connectivity index is 2.24. The monoisotopic (exact) mass is 333 g/mol. The maximum absolute atomic E-state index is 12.5. The number of carbonyl (C=O) groups is 2. The van der Waals surface area contributed by atoms with E-state index in [1.807, 2.05) is 0 Å². The summed E-state index contributed by atoms with van der Waals surface area (Å²) in [5, 5.41) is 10.2. The first-order valence-corrected chi connectivity index (χ1v) is 8.49. The Morgan fingerprint density at radius 3 is 2.62 bits per heavy atom. The van der Waals surface area contributed by atoms with E-state index in [-0.39, 0.29) is 28.8 Å². The average molecular weight is 333 g/mol. The topological polar surface area (TPSA) is 101 Å². The Bertz CT molecular complexity index is 665. The van der Waals surface area contributed by atoms with E-state index >= 15 is 0 Å². The third kappa shape index (κ3) is 2.94. The first kappa shape index (κ1) is 15.9. The normalized spacial score (nSPS) is 23.1. The third-order valence-electron chi connectivity index (χ3n) is 3.51. The highest BCUT2D eigenvalue weighted by molar-refractivity contribution is 7.89. The van der Waals surface area contributed by atoms with Crippen molar-refractivity contribution in [2.75, 3.05) is 20.2 Å². The molecule has 1 aliphatic heterocycles. The SMILES string of the molecule is COC(=O)C1CN(S(=O)(=O)c2csc(C(=O)O)c2)CC1C. The first-order valence-electron chi connectivity index (χ1n) is 6.17. The number of aromatic carboxylic acids is 1. The number of nitrogens with zero attached hydrogens (tertiary/aromatic N) is 1. The molecule has 7 nitrogen and oxygen atoms in total. The van der Waals surface area contributed by atoms with Crippen LogP contribution in [0.15, 0.2) is 16.3 Å². The number of carboxylic acids is 1. The number of carboxylic acid groups (broad SMARTS) is 1. The van der Waals surface area contributed by atoms with Crippen molar-refractivity contribution >= 4 is 33.3 Å². The number of thiophene rings is 1. The second-order valence-corrected chi connectivity index (χ2v) is 7.73. The molecular weight excluding hydrogens is 318 g/mol. The Kier molecular flexibility index (Phi) is 4.35. The molecule has 0 aromatic carbocycles. The maximum atomic E-state index is 12.5. The zero-order valence-electron chi connectivity index (χ0n) is 11.5. The molecule has 1 aromatic heterocycles. The minimum absolute atomic E-state index is 0.0367. The smallest absolute Gasteiger partial charge is 0.345 e. The van der Waals surface area contributed by atoms with Gasteiger partial charge in [0.15, 0.2) is 0 Å². The summed E-state index contributed by atoms with van der Waals surface area (Å²) in [6, 6.07) is 1.14. The van der Waals surface area contributed by atoms with Crippen LogP contribution in [0.5, 0.6) is 0 Å². The van der Waals surface area contributed by atoms with Gasteiger partial charge in [0.2, 0.25) is 10.0 Å². The van der Waals surface area contributed by atoms with Crippen molar-refractivity contribution in [1.29, 1.82) is 0 Å². The standard InChI is InChI=1S/C12H15NO6S2/c1-7-4-13(5-9(7)12(16)19-2)21(17,18)8-3-10(11(14)15)20-6-8/h3,6-7,9H,4-5H2,1-2H3,(H,14,15). The van der Waals surface area contributed by atoms with Gasteiger partial charge in [0.25, 0.3) is 0 Å². The fourth-order valence-electron chi connectivity index (χ4n) is 2.29. The molecule has 2 rings (SSSR count).